The average molecular weight is 363 g/mol. The van der Waals surface area contributed by atoms with E-state index in [0.29, 0.717) is 6.54 Å². The number of hydroxylamine groups is 3. The molecule has 0 radical (unpaired) electrons. The minimum Gasteiger partial charge on any atom is -0.277 e. The van der Waals surface area contributed by atoms with Crippen LogP contribution in [0.2, 0.25) is 0 Å². The van der Waals surface area contributed by atoms with Crippen molar-refractivity contribution in [3.63, 3.8) is 0 Å². The number of aryl methyl sites for hydroxylation is 1. The molecule has 0 aromatic heterocycles. The lowest BCUT2D eigenvalue weighted by Gasteiger charge is -2.26. The first-order chi connectivity index (χ1) is 12.4. The fraction of sp³-hybridized carbons (Fsp3) is 0.696. The second-order valence-electron chi connectivity index (χ2n) is 8.02. The first kappa shape index (κ1) is 22.7. The Hall–Kier alpha value is -1.35. The molecule has 0 aliphatic carbocycles. The smallest absolute Gasteiger partial charge is 0.277 e. The fourth-order valence-corrected chi connectivity index (χ4v) is 3.55. The van der Waals surface area contributed by atoms with Gasteiger partial charge < -0.3 is 0 Å². The van der Waals surface area contributed by atoms with Gasteiger partial charge in [-0.1, -0.05) is 89.0 Å². The Kier molecular flexibility index (Phi) is 11.3. The molecule has 0 amide bonds. The van der Waals surface area contributed by atoms with Crippen LogP contribution in [0.25, 0.3) is 0 Å². The third kappa shape index (κ3) is 10.6. The number of hydrogen-bond acceptors (Lipinski definition) is 2. The predicted octanol–water partition coefficient (Wildman–Crippen LogP) is 6.20. The van der Waals surface area contributed by atoms with Crippen molar-refractivity contribution < 1.29 is 14.3 Å². The highest BCUT2D eigenvalue weighted by Gasteiger charge is 2.22. The van der Waals surface area contributed by atoms with Crippen molar-refractivity contribution in [1.29, 1.82) is 0 Å². The molecular formula is C23H40NO2+. The van der Waals surface area contributed by atoms with Gasteiger partial charge >= 0.3 is 5.97 Å². The van der Waals surface area contributed by atoms with Crippen LogP contribution in [0.15, 0.2) is 24.3 Å². The van der Waals surface area contributed by atoms with E-state index in [2.05, 4.69) is 31.2 Å². The van der Waals surface area contributed by atoms with Crippen molar-refractivity contribution in [1.82, 2.24) is 0 Å². The fourth-order valence-electron chi connectivity index (χ4n) is 3.55. The molecule has 1 aromatic rings. The SMILES string of the molecule is CCCCCCCCCCCCc1ccccc1C[N+](C)(C)OC(C)=O. The number of quaternary nitrogens is 1. The Morgan fingerprint density at radius 1 is 0.846 bits per heavy atom. The Morgan fingerprint density at radius 2 is 1.35 bits per heavy atom. The Morgan fingerprint density at radius 3 is 1.88 bits per heavy atom. The zero-order chi connectivity index (χ0) is 19.3. The van der Waals surface area contributed by atoms with Gasteiger partial charge in [-0.15, -0.1) is 4.65 Å². The topological polar surface area (TPSA) is 26.3 Å². The maximum absolute atomic E-state index is 11.3. The number of unbranched alkanes of at least 4 members (excludes halogenated alkanes) is 9. The molecule has 0 saturated heterocycles. The molecule has 0 fully saturated rings. The number of nitrogens with zero attached hydrogens (tertiary/aromatic N) is 1. The van der Waals surface area contributed by atoms with Gasteiger partial charge in [0, 0.05) is 12.5 Å². The van der Waals surface area contributed by atoms with Gasteiger partial charge in [-0.3, -0.25) is 4.84 Å². The van der Waals surface area contributed by atoms with Gasteiger partial charge in [0.05, 0.1) is 0 Å². The molecule has 0 unspecified atom stereocenters. The number of carbonyl (C=O) groups excluding carboxylic acids is 1. The van der Waals surface area contributed by atoms with Crippen LogP contribution in [0.3, 0.4) is 0 Å². The highest BCUT2D eigenvalue weighted by molar-refractivity contribution is 5.65. The third-order valence-electron chi connectivity index (χ3n) is 4.84. The summed E-state index contributed by atoms with van der Waals surface area (Å²) in [6, 6.07) is 8.57. The molecule has 0 atom stereocenters. The molecule has 3 heteroatoms. The lowest BCUT2D eigenvalue weighted by Crippen LogP contribution is -2.40. The predicted molar refractivity (Wildman–Crippen MR) is 110 cm³/mol. The van der Waals surface area contributed by atoms with E-state index >= 15 is 0 Å². The molecule has 1 rings (SSSR count). The molecule has 0 saturated carbocycles. The van der Waals surface area contributed by atoms with Gasteiger partial charge in [0.2, 0.25) is 0 Å². The van der Waals surface area contributed by atoms with Gasteiger partial charge in [-0.25, -0.2) is 4.79 Å². The summed E-state index contributed by atoms with van der Waals surface area (Å²) in [6.45, 7) is 4.46. The van der Waals surface area contributed by atoms with E-state index in [1.807, 2.05) is 14.1 Å². The minimum atomic E-state index is -0.234. The van der Waals surface area contributed by atoms with E-state index in [9.17, 15) is 4.79 Å². The molecule has 0 aliphatic heterocycles. The van der Waals surface area contributed by atoms with Gasteiger partial charge in [0.1, 0.15) is 20.6 Å². The van der Waals surface area contributed by atoms with E-state index in [1.165, 1.54) is 82.3 Å². The first-order valence-electron chi connectivity index (χ1n) is 10.5. The summed E-state index contributed by atoms with van der Waals surface area (Å²) in [4.78, 5) is 16.7. The zero-order valence-corrected chi connectivity index (χ0v) is 17.6. The van der Waals surface area contributed by atoms with E-state index in [0.717, 1.165) is 6.42 Å². The molecule has 1 aromatic carbocycles. The van der Waals surface area contributed by atoms with Crippen molar-refractivity contribution in [3.8, 4) is 0 Å². The van der Waals surface area contributed by atoms with Gasteiger partial charge in [0.25, 0.3) is 0 Å². The van der Waals surface area contributed by atoms with Crippen LogP contribution in [-0.4, -0.2) is 24.7 Å². The van der Waals surface area contributed by atoms with Crippen molar-refractivity contribution in [3.05, 3.63) is 35.4 Å². The monoisotopic (exact) mass is 362 g/mol. The quantitative estimate of drug-likeness (QED) is 0.223. The zero-order valence-electron chi connectivity index (χ0n) is 17.6. The maximum atomic E-state index is 11.3. The molecule has 0 spiro atoms. The number of hydrogen-bond donors (Lipinski definition) is 0. The van der Waals surface area contributed by atoms with Crippen LogP contribution >= 0.6 is 0 Å². The van der Waals surface area contributed by atoms with Crippen LogP contribution in [0, 0.1) is 0 Å². The summed E-state index contributed by atoms with van der Waals surface area (Å²) in [5, 5.41) is 0. The van der Waals surface area contributed by atoms with Crippen LogP contribution in [0.4, 0.5) is 0 Å². The lowest BCUT2D eigenvalue weighted by atomic mass is 9.99. The third-order valence-corrected chi connectivity index (χ3v) is 4.84. The minimum absolute atomic E-state index is 0.234. The summed E-state index contributed by atoms with van der Waals surface area (Å²) >= 11 is 0. The standard InChI is InChI=1S/C23H40NO2/c1-5-6-7-8-9-10-11-12-13-14-17-22-18-15-16-19-23(22)20-24(3,4)26-21(2)25/h15-16,18-19H,5-14,17,20H2,1-4H3/q+1. The van der Waals surface area contributed by atoms with Crippen molar-refractivity contribution in [2.75, 3.05) is 14.1 Å². The number of benzene rings is 1. The van der Waals surface area contributed by atoms with Crippen LogP contribution in [-0.2, 0) is 22.6 Å². The molecule has 0 aliphatic rings. The Labute approximate surface area is 161 Å². The normalized spacial score (nSPS) is 11.5. The van der Waals surface area contributed by atoms with Crippen LogP contribution in [0.1, 0.15) is 89.2 Å². The number of rotatable bonds is 14. The summed E-state index contributed by atoms with van der Waals surface area (Å²) in [6.07, 6.45) is 14.8. The highest BCUT2D eigenvalue weighted by atomic mass is 16.7. The molecule has 0 N–H and O–H groups in total. The van der Waals surface area contributed by atoms with Crippen LogP contribution in [0.5, 0.6) is 0 Å². The van der Waals surface area contributed by atoms with Gasteiger partial charge in [-0.05, 0) is 18.4 Å². The van der Waals surface area contributed by atoms with E-state index < -0.39 is 0 Å². The molecule has 148 valence electrons. The van der Waals surface area contributed by atoms with E-state index in [1.54, 1.807) is 0 Å². The van der Waals surface area contributed by atoms with Gasteiger partial charge in [-0.2, -0.15) is 0 Å². The maximum Gasteiger partial charge on any atom is 0.363 e. The summed E-state index contributed by atoms with van der Waals surface area (Å²) in [7, 11) is 3.86. The second kappa shape index (κ2) is 12.9. The van der Waals surface area contributed by atoms with Gasteiger partial charge in [0.15, 0.2) is 0 Å². The van der Waals surface area contributed by atoms with Crippen molar-refractivity contribution in [2.45, 2.75) is 91.0 Å². The van der Waals surface area contributed by atoms with Crippen molar-refractivity contribution >= 4 is 5.97 Å². The van der Waals surface area contributed by atoms with E-state index in [4.69, 9.17) is 4.84 Å². The van der Waals surface area contributed by atoms with Crippen molar-refractivity contribution in [2.24, 2.45) is 0 Å². The molecular weight excluding hydrogens is 322 g/mol. The molecule has 0 bridgehead atoms. The molecule has 3 nitrogen and oxygen atoms in total. The Bertz CT molecular complexity index is 511. The first-order valence-corrected chi connectivity index (χ1v) is 10.5. The summed E-state index contributed by atoms with van der Waals surface area (Å²) in [5.41, 5.74) is 2.68. The lowest BCUT2D eigenvalue weighted by molar-refractivity contribution is -1.07. The van der Waals surface area contributed by atoms with E-state index in [-0.39, 0.29) is 10.6 Å². The van der Waals surface area contributed by atoms with Crippen LogP contribution < -0.4 is 0 Å². The molecule has 26 heavy (non-hydrogen) atoms. The largest absolute Gasteiger partial charge is 0.363 e. The summed E-state index contributed by atoms with van der Waals surface area (Å²) in [5.74, 6) is -0.234. The highest BCUT2D eigenvalue weighted by Crippen LogP contribution is 2.18. The Balaban J connectivity index is 2.28. The molecule has 0 heterocycles. The summed E-state index contributed by atoms with van der Waals surface area (Å²) < 4.78 is 0.240. The number of carbonyl (C=O) groups is 1. The average Bonchev–Trinajstić information content (AvgIpc) is 2.56. The second-order valence-corrected chi connectivity index (χ2v) is 8.02.